The van der Waals surface area contributed by atoms with Gasteiger partial charge in [0.2, 0.25) is 0 Å². The average molecular weight is 372 g/mol. The lowest BCUT2D eigenvalue weighted by atomic mass is 9.91. The van der Waals surface area contributed by atoms with Gasteiger partial charge < -0.3 is 9.30 Å². The third-order valence-corrected chi connectivity index (χ3v) is 4.50. The van der Waals surface area contributed by atoms with Gasteiger partial charge in [-0.2, -0.15) is 0 Å². The van der Waals surface area contributed by atoms with Gasteiger partial charge in [-0.15, -0.1) is 0 Å². The van der Waals surface area contributed by atoms with Crippen molar-refractivity contribution < 1.29 is 19.2 Å². The molecule has 8 heteroatoms. The van der Waals surface area contributed by atoms with E-state index < -0.39 is 27.7 Å². The predicted octanol–water partition coefficient (Wildman–Crippen LogP) is 2.72. The molecule has 1 heterocycles. The topological polar surface area (TPSA) is 109 Å². The summed E-state index contributed by atoms with van der Waals surface area (Å²) >= 11 is 0. The summed E-state index contributed by atoms with van der Waals surface area (Å²) in [6.07, 6.45) is 1.08. The monoisotopic (exact) mass is 372 g/mol. The Bertz CT molecular complexity index is 1020. The number of ketones is 1. The molecule has 0 radical (unpaired) electrons. The van der Waals surface area contributed by atoms with Gasteiger partial charge in [-0.1, -0.05) is 6.07 Å². The molecule has 0 fully saturated rings. The van der Waals surface area contributed by atoms with E-state index in [2.05, 4.69) is 4.74 Å². The van der Waals surface area contributed by atoms with Crippen LogP contribution in [-0.4, -0.2) is 28.4 Å². The summed E-state index contributed by atoms with van der Waals surface area (Å²) in [5, 5.41) is 11.2. The van der Waals surface area contributed by atoms with Crippen molar-refractivity contribution >= 4 is 17.4 Å². The Balaban J connectivity index is 2.71. The first-order valence-corrected chi connectivity index (χ1v) is 8.16. The van der Waals surface area contributed by atoms with Crippen molar-refractivity contribution in [1.29, 1.82) is 0 Å². The minimum atomic E-state index is -0.945. The minimum Gasteiger partial charge on any atom is -0.465 e. The number of aromatic nitrogens is 1. The number of nitrogens with zero attached hydrogens (tertiary/aromatic N) is 2. The number of aryl methyl sites for hydroxylation is 2. The second-order valence-electron chi connectivity index (χ2n) is 6.34. The number of rotatable bonds is 5. The van der Waals surface area contributed by atoms with Crippen molar-refractivity contribution in [1.82, 2.24) is 4.57 Å². The highest BCUT2D eigenvalue weighted by molar-refractivity contribution is 5.97. The Morgan fingerprint density at radius 3 is 2.33 bits per heavy atom. The van der Waals surface area contributed by atoms with Gasteiger partial charge in [0.15, 0.2) is 5.78 Å². The molecule has 0 saturated heterocycles. The number of pyridine rings is 1. The molecule has 0 aliphatic heterocycles. The summed E-state index contributed by atoms with van der Waals surface area (Å²) in [6, 6.07) is 2.74. The maximum Gasteiger partial charge on any atom is 0.343 e. The number of Topliss-reactive ketones (excluding diaryl/α,β-unsaturated/α-hetero) is 1. The normalized spacial score (nSPS) is 10.6. The molecule has 2 rings (SSSR count). The number of hydrogen-bond acceptors (Lipinski definition) is 6. The maximum absolute atomic E-state index is 12.6. The van der Waals surface area contributed by atoms with Crippen LogP contribution < -0.4 is 5.56 Å². The highest BCUT2D eigenvalue weighted by Crippen LogP contribution is 2.24. The number of benzene rings is 1. The lowest BCUT2D eigenvalue weighted by Crippen LogP contribution is -2.28. The van der Waals surface area contributed by atoms with Gasteiger partial charge >= 0.3 is 5.97 Å². The van der Waals surface area contributed by atoms with Crippen LogP contribution in [0, 0.1) is 30.9 Å². The molecule has 0 unspecified atom stereocenters. The number of carbonyl (C=O) groups is 2. The smallest absolute Gasteiger partial charge is 0.343 e. The number of ether oxygens (including phenoxy) is 1. The van der Waals surface area contributed by atoms with Crippen molar-refractivity contribution in [3.05, 3.63) is 72.2 Å². The van der Waals surface area contributed by atoms with Gasteiger partial charge in [0, 0.05) is 11.6 Å². The van der Waals surface area contributed by atoms with E-state index in [1.54, 1.807) is 6.92 Å². The van der Waals surface area contributed by atoms with E-state index in [1.807, 2.05) is 19.9 Å². The molecule has 0 bridgehead atoms. The zero-order chi connectivity index (χ0) is 20.5. The SMILES string of the molecule is COC(=O)c1cc([N+](=O)[O-])cn(Cc2c(C)cc(C)c(C(C)=O)c2C)c1=O. The molecule has 27 heavy (non-hydrogen) atoms. The molecule has 0 amide bonds. The Hall–Kier alpha value is -3.29. The van der Waals surface area contributed by atoms with Gasteiger partial charge in [0.25, 0.3) is 11.2 Å². The third kappa shape index (κ3) is 3.79. The van der Waals surface area contributed by atoms with Gasteiger partial charge in [-0.05, 0) is 49.9 Å². The molecule has 0 spiro atoms. The molecule has 8 nitrogen and oxygen atoms in total. The fourth-order valence-electron chi connectivity index (χ4n) is 3.28. The Kier molecular flexibility index (Phi) is 5.58. The minimum absolute atomic E-state index is 0.0112. The fourth-order valence-corrected chi connectivity index (χ4v) is 3.28. The summed E-state index contributed by atoms with van der Waals surface area (Å²) in [4.78, 5) is 47.0. The molecule has 0 aliphatic carbocycles. The first-order chi connectivity index (χ1) is 12.6. The van der Waals surface area contributed by atoms with E-state index in [1.165, 1.54) is 6.92 Å². The summed E-state index contributed by atoms with van der Waals surface area (Å²) in [6.45, 7) is 6.89. The number of esters is 1. The zero-order valence-corrected chi connectivity index (χ0v) is 15.8. The summed E-state index contributed by atoms with van der Waals surface area (Å²) in [5.74, 6) is -1.05. The number of hydrogen-bond donors (Lipinski definition) is 0. The van der Waals surface area contributed by atoms with Crippen molar-refractivity contribution in [3.8, 4) is 0 Å². The summed E-state index contributed by atoms with van der Waals surface area (Å²) in [7, 11) is 1.10. The second-order valence-corrected chi connectivity index (χ2v) is 6.34. The lowest BCUT2D eigenvalue weighted by molar-refractivity contribution is -0.385. The molecule has 142 valence electrons. The molecule has 0 atom stereocenters. The number of methoxy groups -OCH3 is 1. The van der Waals surface area contributed by atoms with E-state index in [9.17, 15) is 24.5 Å². The predicted molar refractivity (Wildman–Crippen MR) is 98.5 cm³/mol. The Morgan fingerprint density at radius 1 is 1.19 bits per heavy atom. The van der Waals surface area contributed by atoms with Crippen molar-refractivity contribution in [2.45, 2.75) is 34.2 Å². The molecule has 0 aliphatic rings. The molecule has 1 aromatic heterocycles. The van der Waals surface area contributed by atoms with Crippen LogP contribution in [0.2, 0.25) is 0 Å². The van der Waals surface area contributed by atoms with Crippen molar-refractivity contribution in [2.24, 2.45) is 0 Å². The highest BCUT2D eigenvalue weighted by Gasteiger charge is 2.21. The molecule has 2 aromatic rings. The Morgan fingerprint density at radius 2 is 1.81 bits per heavy atom. The van der Waals surface area contributed by atoms with E-state index in [-0.39, 0.29) is 12.3 Å². The van der Waals surface area contributed by atoms with Crippen LogP contribution >= 0.6 is 0 Å². The number of nitro groups is 1. The first-order valence-electron chi connectivity index (χ1n) is 8.16. The molecule has 0 saturated carbocycles. The second kappa shape index (κ2) is 7.53. The van der Waals surface area contributed by atoms with Crippen LogP contribution in [0.3, 0.4) is 0 Å². The van der Waals surface area contributed by atoms with Crippen LogP contribution in [0.4, 0.5) is 5.69 Å². The van der Waals surface area contributed by atoms with Crippen LogP contribution in [0.1, 0.15) is 49.9 Å². The summed E-state index contributed by atoms with van der Waals surface area (Å²) < 4.78 is 5.65. The summed E-state index contributed by atoms with van der Waals surface area (Å²) in [5.41, 5.74) is 2.11. The van der Waals surface area contributed by atoms with Crippen LogP contribution in [0.15, 0.2) is 23.1 Å². The molecule has 0 N–H and O–H groups in total. The van der Waals surface area contributed by atoms with E-state index >= 15 is 0 Å². The highest BCUT2D eigenvalue weighted by atomic mass is 16.6. The zero-order valence-electron chi connectivity index (χ0n) is 15.8. The van der Waals surface area contributed by atoms with Crippen LogP contribution in [0.5, 0.6) is 0 Å². The quantitative estimate of drug-likeness (QED) is 0.345. The van der Waals surface area contributed by atoms with Gasteiger partial charge in [-0.3, -0.25) is 19.7 Å². The molecular formula is C19H20N2O6. The number of carbonyl (C=O) groups excluding carboxylic acids is 2. The van der Waals surface area contributed by atoms with Gasteiger partial charge in [-0.25, -0.2) is 4.79 Å². The van der Waals surface area contributed by atoms with E-state index in [0.717, 1.165) is 35.1 Å². The largest absolute Gasteiger partial charge is 0.465 e. The lowest BCUT2D eigenvalue weighted by Gasteiger charge is -2.17. The maximum atomic E-state index is 12.6. The van der Waals surface area contributed by atoms with Crippen LogP contribution in [-0.2, 0) is 11.3 Å². The average Bonchev–Trinajstić information content (AvgIpc) is 2.58. The van der Waals surface area contributed by atoms with Crippen molar-refractivity contribution in [2.75, 3.05) is 7.11 Å². The van der Waals surface area contributed by atoms with Crippen LogP contribution in [0.25, 0.3) is 0 Å². The first kappa shape index (κ1) is 20.0. The third-order valence-electron chi connectivity index (χ3n) is 4.50. The van der Waals surface area contributed by atoms with Gasteiger partial charge in [0.1, 0.15) is 5.56 Å². The standard InChI is InChI=1S/C19H20N2O6/c1-10-6-11(2)17(13(4)22)12(3)16(10)9-20-8-14(21(25)26)7-15(18(20)23)19(24)27-5/h6-8H,9H2,1-5H3. The van der Waals surface area contributed by atoms with E-state index in [0.29, 0.717) is 16.7 Å². The Labute approximate surface area is 155 Å². The van der Waals surface area contributed by atoms with Crippen molar-refractivity contribution in [3.63, 3.8) is 0 Å². The molecular weight excluding hydrogens is 352 g/mol. The van der Waals surface area contributed by atoms with E-state index in [4.69, 9.17) is 0 Å². The van der Waals surface area contributed by atoms with Gasteiger partial charge in [0.05, 0.1) is 24.8 Å². The fraction of sp³-hybridized carbons (Fsp3) is 0.316. The molecule has 1 aromatic carbocycles.